The van der Waals surface area contributed by atoms with Gasteiger partial charge in [0.1, 0.15) is 0 Å². The van der Waals surface area contributed by atoms with Crippen LogP contribution in [0, 0.1) is 10.1 Å². The molecule has 0 fully saturated rings. The number of anilines is 1. The van der Waals surface area contributed by atoms with Crippen molar-refractivity contribution in [3.05, 3.63) is 81.4 Å². The third-order valence-corrected chi connectivity index (χ3v) is 4.94. The highest BCUT2D eigenvalue weighted by Crippen LogP contribution is 2.37. The molecule has 0 saturated heterocycles. The first-order chi connectivity index (χ1) is 14.6. The van der Waals surface area contributed by atoms with Gasteiger partial charge in [-0.05, 0) is 57.2 Å². The molecule has 0 bridgehead atoms. The van der Waals surface area contributed by atoms with Gasteiger partial charge in [0.15, 0.2) is 0 Å². The third-order valence-electron chi connectivity index (χ3n) is 4.94. The zero-order valence-electron chi connectivity index (χ0n) is 17.1. The van der Waals surface area contributed by atoms with Crippen LogP contribution in [0.15, 0.2) is 54.6 Å². The zero-order valence-corrected chi connectivity index (χ0v) is 17.1. The quantitative estimate of drug-likeness (QED) is 0.392. The van der Waals surface area contributed by atoms with Crippen LogP contribution in [0.1, 0.15) is 51.8 Å². The second-order valence-corrected chi connectivity index (χ2v) is 8.32. The van der Waals surface area contributed by atoms with Gasteiger partial charge >= 0.3 is 0 Å². The summed E-state index contributed by atoms with van der Waals surface area (Å²) in [6, 6.07) is 13.5. The summed E-state index contributed by atoms with van der Waals surface area (Å²) in [5.74, 6) is -1.53. The van der Waals surface area contributed by atoms with E-state index in [2.05, 4.69) is 5.32 Å². The second-order valence-electron chi connectivity index (χ2n) is 8.32. The summed E-state index contributed by atoms with van der Waals surface area (Å²) >= 11 is 0. The Bertz CT molecular complexity index is 1270. The maximum Gasteiger partial charge on any atom is 0.277 e. The Morgan fingerprint density at radius 1 is 0.968 bits per heavy atom. The van der Waals surface area contributed by atoms with Crippen molar-refractivity contribution in [2.45, 2.75) is 26.3 Å². The van der Waals surface area contributed by atoms with Crippen molar-refractivity contribution in [3.8, 4) is 0 Å². The number of imide groups is 1. The van der Waals surface area contributed by atoms with Gasteiger partial charge in [-0.3, -0.25) is 24.5 Å². The molecule has 156 valence electrons. The SMILES string of the molecule is CC(C)(C)NC(=O)c1cccc(N2C(=O)c3cccc4c([N+](=O)[O-])ccc(c34)C2=O)c1. The molecule has 31 heavy (non-hydrogen) atoms. The first kappa shape index (κ1) is 20.2. The van der Waals surface area contributed by atoms with Crippen molar-refractivity contribution >= 4 is 39.9 Å². The van der Waals surface area contributed by atoms with Crippen LogP contribution in [-0.4, -0.2) is 28.2 Å². The van der Waals surface area contributed by atoms with Crippen LogP contribution in [0.3, 0.4) is 0 Å². The fourth-order valence-electron chi connectivity index (χ4n) is 3.67. The summed E-state index contributed by atoms with van der Waals surface area (Å²) in [4.78, 5) is 50.9. The fourth-order valence-corrected chi connectivity index (χ4v) is 3.67. The molecule has 3 aromatic carbocycles. The number of amides is 3. The first-order valence-corrected chi connectivity index (χ1v) is 9.60. The van der Waals surface area contributed by atoms with E-state index in [-0.39, 0.29) is 39.2 Å². The van der Waals surface area contributed by atoms with E-state index in [4.69, 9.17) is 0 Å². The van der Waals surface area contributed by atoms with Crippen molar-refractivity contribution in [2.75, 3.05) is 4.90 Å². The number of hydrogen-bond acceptors (Lipinski definition) is 5. The van der Waals surface area contributed by atoms with Crippen molar-refractivity contribution in [2.24, 2.45) is 0 Å². The van der Waals surface area contributed by atoms with Crippen LogP contribution in [0.25, 0.3) is 10.8 Å². The number of benzene rings is 3. The van der Waals surface area contributed by atoms with E-state index >= 15 is 0 Å². The van der Waals surface area contributed by atoms with Crippen LogP contribution >= 0.6 is 0 Å². The summed E-state index contributed by atoms with van der Waals surface area (Å²) in [5, 5.41) is 14.7. The van der Waals surface area contributed by atoms with Crippen LogP contribution in [0.4, 0.5) is 11.4 Å². The second kappa shape index (κ2) is 7.02. The summed E-state index contributed by atoms with van der Waals surface area (Å²) in [6.07, 6.45) is 0. The number of rotatable bonds is 3. The van der Waals surface area contributed by atoms with Gasteiger partial charge in [-0.25, -0.2) is 4.90 Å². The lowest BCUT2D eigenvalue weighted by Gasteiger charge is -2.27. The maximum atomic E-state index is 13.2. The molecule has 3 amide bonds. The number of nitrogens with one attached hydrogen (secondary N) is 1. The topological polar surface area (TPSA) is 110 Å². The van der Waals surface area contributed by atoms with Crippen molar-refractivity contribution in [1.82, 2.24) is 5.32 Å². The normalized spacial score (nSPS) is 13.5. The molecule has 0 spiro atoms. The lowest BCUT2D eigenvalue weighted by Crippen LogP contribution is -2.41. The number of nitro groups is 1. The Morgan fingerprint density at radius 3 is 2.26 bits per heavy atom. The molecule has 1 N–H and O–H groups in total. The highest BCUT2D eigenvalue weighted by Gasteiger charge is 2.36. The predicted molar refractivity (Wildman–Crippen MR) is 115 cm³/mol. The van der Waals surface area contributed by atoms with Crippen LogP contribution in [0.5, 0.6) is 0 Å². The van der Waals surface area contributed by atoms with E-state index < -0.39 is 22.3 Å². The number of non-ortho nitro benzene ring substituents is 1. The molecule has 1 aliphatic heterocycles. The summed E-state index contributed by atoms with van der Waals surface area (Å²) in [7, 11) is 0. The molecule has 3 aromatic rings. The molecule has 0 radical (unpaired) electrons. The smallest absolute Gasteiger partial charge is 0.277 e. The molecule has 0 aliphatic carbocycles. The average Bonchev–Trinajstić information content (AvgIpc) is 2.70. The van der Waals surface area contributed by atoms with Crippen molar-refractivity contribution in [3.63, 3.8) is 0 Å². The zero-order chi connectivity index (χ0) is 22.5. The van der Waals surface area contributed by atoms with Gasteiger partial charge in [0.05, 0.1) is 16.0 Å². The van der Waals surface area contributed by atoms with Gasteiger partial charge in [-0.2, -0.15) is 0 Å². The van der Waals surface area contributed by atoms with Gasteiger partial charge in [0.25, 0.3) is 23.4 Å². The lowest BCUT2D eigenvalue weighted by molar-refractivity contribution is -0.383. The van der Waals surface area contributed by atoms with Gasteiger partial charge < -0.3 is 5.32 Å². The number of carbonyl (C=O) groups is 3. The largest absolute Gasteiger partial charge is 0.347 e. The monoisotopic (exact) mass is 417 g/mol. The van der Waals surface area contributed by atoms with Crippen molar-refractivity contribution in [1.29, 1.82) is 0 Å². The number of carbonyl (C=O) groups excluding carboxylic acids is 3. The summed E-state index contributed by atoms with van der Waals surface area (Å²) < 4.78 is 0. The lowest BCUT2D eigenvalue weighted by atomic mass is 9.92. The average molecular weight is 417 g/mol. The molecule has 1 heterocycles. The summed E-state index contributed by atoms with van der Waals surface area (Å²) in [6.45, 7) is 5.55. The molecule has 0 atom stereocenters. The molecular weight excluding hydrogens is 398 g/mol. The third kappa shape index (κ3) is 3.42. The molecule has 4 rings (SSSR count). The molecule has 0 aromatic heterocycles. The molecule has 1 aliphatic rings. The molecule has 8 nitrogen and oxygen atoms in total. The predicted octanol–water partition coefficient (Wildman–Crippen LogP) is 4.08. The highest BCUT2D eigenvalue weighted by atomic mass is 16.6. The number of nitro benzene ring substituents is 1. The Balaban J connectivity index is 1.82. The molecular formula is C23H19N3O5. The van der Waals surface area contributed by atoms with Crippen molar-refractivity contribution < 1.29 is 19.3 Å². The fraction of sp³-hybridized carbons (Fsp3) is 0.174. The van der Waals surface area contributed by atoms with E-state index in [9.17, 15) is 24.5 Å². The Hall–Kier alpha value is -4.07. The summed E-state index contributed by atoms with van der Waals surface area (Å²) in [5.41, 5.74) is 0.321. The van der Waals surface area contributed by atoms with Gasteiger partial charge in [0.2, 0.25) is 0 Å². The van der Waals surface area contributed by atoms with Gasteiger partial charge in [-0.15, -0.1) is 0 Å². The Morgan fingerprint density at radius 2 is 1.61 bits per heavy atom. The van der Waals surface area contributed by atoms with Crippen LogP contribution < -0.4 is 10.2 Å². The minimum atomic E-state index is -0.600. The number of hydrogen-bond donors (Lipinski definition) is 1. The van der Waals surface area contributed by atoms with E-state index in [1.165, 1.54) is 30.3 Å². The standard InChI is InChI=1S/C23H19N3O5/c1-23(2,3)24-20(27)13-6-4-7-14(12-13)25-21(28)16-9-5-8-15-18(26(30)31)11-10-17(19(15)16)22(25)29/h4-12H,1-3H3,(H,24,27). The molecule has 0 unspecified atom stereocenters. The molecule has 8 heteroatoms. The van der Waals surface area contributed by atoms with E-state index in [1.54, 1.807) is 24.3 Å². The minimum Gasteiger partial charge on any atom is -0.347 e. The first-order valence-electron chi connectivity index (χ1n) is 9.60. The van der Waals surface area contributed by atoms with E-state index in [0.717, 1.165) is 4.90 Å². The van der Waals surface area contributed by atoms with Gasteiger partial charge in [-0.1, -0.05) is 12.1 Å². The van der Waals surface area contributed by atoms with Gasteiger partial charge in [0, 0.05) is 33.7 Å². The van der Waals surface area contributed by atoms with Crippen LogP contribution in [0.2, 0.25) is 0 Å². The Labute approximate surface area is 177 Å². The van der Waals surface area contributed by atoms with Crippen LogP contribution in [-0.2, 0) is 0 Å². The number of nitrogens with zero attached hydrogens (tertiary/aromatic N) is 2. The van der Waals surface area contributed by atoms with E-state index in [1.807, 2.05) is 20.8 Å². The van der Waals surface area contributed by atoms with E-state index in [0.29, 0.717) is 5.56 Å². The highest BCUT2D eigenvalue weighted by molar-refractivity contribution is 6.36. The molecule has 0 saturated carbocycles. The maximum absolute atomic E-state index is 13.2. The minimum absolute atomic E-state index is 0.171. The Kier molecular flexibility index (Phi) is 4.57.